The summed E-state index contributed by atoms with van der Waals surface area (Å²) in [6.45, 7) is 4.57. The Balaban J connectivity index is 2.61. The zero-order chi connectivity index (χ0) is 18.1. The van der Waals surface area contributed by atoms with Gasteiger partial charge in [0.2, 0.25) is 0 Å². The summed E-state index contributed by atoms with van der Waals surface area (Å²) < 4.78 is 58.4. The van der Waals surface area contributed by atoms with E-state index in [1.54, 1.807) is 0 Å². The molecule has 0 aliphatic rings. The largest absolute Gasteiger partial charge is 0.443 e. The zero-order valence-electron chi connectivity index (χ0n) is 12.9. The number of halogens is 2. The molecule has 0 atom stereocenters. The summed E-state index contributed by atoms with van der Waals surface area (Å²) in [6.07, 6.45) is -1.32. The maximum Gasteiger partial charge on any atom is 0.430 e. The normalized spacial score (nSPS) is 12.0. The van der Waals surface area contributed by atoms with Crippen LogP contribution in [0.2, 0.25) is 0 Å². The predicted octanol–water partition coefficient (Wildman–Crippen LogP) is 3.35. The first-order valence-electron chi connectivity index (χ1n) is 6.55. The number of hydrogen-bond acceptors (Lipinski definition) is 6. The fraction of sp³-hybridized carbons (Fsp3) is 0.286. The zero-order valence-corrected chi connectivity index (χ0v) is 14.5. The summed E-state index contributed by atoms with van der Waals surface area (Å²) in [7, 11) is -4.92. The number of ether oxygens (including phenoxy) is 1. The summed E-state index contributed by atoms with van der Waals surface area (Å²) in [5, 5.41) is 1.24. The number of rotatable bonds is 3. The molecule has 0 saturated heterocycles. The average Bonchev–Trinajstić information content (AvgIpc) is 2.89. The van der Waals surface area contributed by atoms with Crippen molar-refractivity contribution in [3.8, 4) is 0 Å². The summed E-state index contributed by atoms with van der Waals surface area (Å²) >= 11 is 1.00. The van der Waals surface area contributed by atoms with Crippen molar-refractivity contribution in [1.29, 1.82) is 0 Å². The van der Waals surface area contributed by atoms with Crippen molar-refractivity contribution < 1.29 is 26.7 Å². The fourth-order valence-electron chi connectivity index (χ4n) is 1.70. The molecular weight excluding hydrogens is 362 g/mol. The maximum atomic E-state index is 13.9. The van der Waals surface area contributed by atoms with Gasteiger partial charge in [-0.05, 0) is 39.0 Å². The van der Waals surface area contributed by atoms with Gasteiger partial charge in [-0.15, -0.1) is 15.6 Å². The molecule has 0 aliphatic heterocycles. The first kappa shape index (κ1) is 18.3. The van der Waals surface area contributed by atoms with Gasteiger partial charge in [0.25, 0.3) is 10.0 Å². The van der Waals surface area contributed by atoms with E-state index in [9.17, 15) is 22.0 Å². The lowest BCUT2D eigenvalue weighted by Crippen LogP contribution is -2.41. The van der Waals surface area contributed by atoms with Gasteiger partial charge in [0.15, 0.2) is 10.7 Å². The maximum absolute atomic E-state index is 13.9. The molecule has 0 saturated carbocycles. The van der Waals surface area contributed by atoms with E-state index in [1.165, 1.54) is 31.7 Å². The Morgan fingerprint density at radius 1 is 1.29 bits per heavy atom. The standard InChI is InChI=1S/C14H13F2N2O4S2/c1-14(2,3)22-13(19)18(11-7-23-8-17-11)24(20,21)12-9(15)5-4-6-10(12)16/h5-8H,1-3H3. The van der Waals surface area contributed by atoms with Crippen molar-refractivity contribution in [3.63, 3.8) is 0 Å². The highest BCUT2D eigenvalue weighted by Gasteiger charge is 2.39. The molecule has 1 aromatic heterocycles. The Labute approximate surface area is 141 Å². The van der Waals surface area contributed by atoms with E-state index in [0.29, 0.717) is 12.1 Å². The number of sulfonamides is 1. The van der Waals surface area contributed by atoms with E-state index in [2.05, 4.69) is 11.1 Å². The molecule has 10 heteroatoms. The second-order valence-electron chi connectivity index (χ2n) is 5.58. The third kappa shape index (κ3) is 3.70. The van der Waals surface area contributed by atoms with Crippen LogP contribution >= 0.6 is 11.3 Å². The molecule has 0 unspecified atom stereocenters. The second kappa shape index (κ2) is 6.44. The van der Waals surface area contributed by atoms with Gasteiger partial charge in [-0.25, -0.2) is 27.0 Å². The molecule has 129 valence electrons. The third-order valence-electron chi connectivity index (χ3n) is 2.54. The summed E-state index contributed by atoms with van der Waals surface area (Å²) in [6, 6.07) is 3.43. The number of aromatic nitrogens is 1. The van der Waals surface area contributed by atoms with Crippen molar-refractivity contribution >= 4 is 33.3 Å². The van der Waals surface area contributed by atoms with E-state index in [1.807, 2.05) is 0 Å². The van der Waals surface area contributed by atoms with Gasteiger partial charge >= 0.3 is 6.09 Å². The SMILES string of the molecule is CC(C)(C)OC(=O)N(c1cscn1)S(=O)(=O)c1c(F)c[c]cc1F. The quantitative estimate of drug-likeness (QED) is 0.822. The molecule has 0 spiro atoms. The van der Waals surface area contributed by atoms with Crippen LogP contribution in [0.1, 0.15) is 20.8 Å². The molecule has 2 aromatic rings. The summed E-state index contributed by atoms with van der Waals surface area (Å²) in [5.41, 5.74) is 0.246. The van der Waals surface area contributed by atoms with E-state index >= 15 is 0 Å². The molecule has 2 rings (SSSR count). The highest BCUT2D eigenvalue weighted by atomic mass is 32.2. The number of hydrogen-bond donors (Lipinski definition) is 0. The predicted molar refractivity (Wildman–Crippen MR) is 83.2 cm³/mol. The lowest BCUT2D eigenvalue weighted by atomic mass is 10.2. The molecule has 1 radical (unpaired) electrons. The van der Waals surface area contributed by atoms with Crippen LogP contribution < -0.4 is 4.31 Å². The average molecular weight is 375 g/mol. The van der Waals surface area contributed by atoms with Crippen molar-refractivity contribution in [1.82, 2.24) is 4.98 Å². The minimum atomic E-state index is -4.92. The monoisotopic (exact) mass is 375 g/mol. The van der Waals surface area contributed by atoms with Gasteiger partial charge in [-0.3, -0.25) is 0 Å². The number of carbonyl (C=O) groups excluding carboxylic acids is 1. The van der Waals surface area contributed by atoms with Crippen LogP contribution in [0, 0.1) is 17.7 Å². The van der Waals surface area contributed by atoms with Crippen LogP contribution in [0.15, 0.2) is 27.9 Å². The molecular formula is C14H13F2N2O4S2. The van der Waals surface area contributed by atoms with Crippen LogP contribution in [-0.4, -0.2) is 25.1 Å². The van der Waals surface area contributed by atoms with Crippen molar-refractivity contribution in [2.24, 2.45) is 0 Å². The first-order valence-corrected chi connectivity index (χ1v) is 8.94. The Hall–Kier alpha value is -2.07. The van der Waals surface area contributed by atoms with Gasteiger partial charge < -0.3 is 4.74 Å². The lowest BCUT2D eigenvalue weighted by Gasteiger charge is -2.25. The van der Waals surface area contributed by atoms with Gasteiger partial charge in [-0.1, -0.05) is 0 Å². The Morgan fingerprint density at radius 2 is 1.88 bits per heavy atom. The van der Waals surface area contributed by atoms with E-state index < -0.39 is 38.2 Å². The Kier molecular flexibility index (Phi) is 4.90. The third-order valence-corrected chi connectivity index (χ3v) is 4.84. The van der Waals surface area contributed by atoms with E-state index in [-0.39, 0.29) is 10.1 Å². The van der Waals surface area contributed by atoms with Crippen molar-refractivity contribution in [2.75, 3.05) is 4.31 Å². The number of nitrogens with zero attached hydrogens (tertiary/aromatic N) is 2. The topological polar surface area (TPSA) is 76.6 Å². The van der Waals surface area contributed by atoms with Gasteiger partial charge in [0.05, 0.1) is 5.51 Å². The van der Waals surface area contributed by atoms with Crippen molar-refractivity contribution in [3.05, 3.63) is 40.7 Å². The molecule has 0 bridgehead atoms. The molecule has 1 aromatic carbocycles. The van der Waals surface area contributed by atoms with Gasteiger partial charge in [0, 0.05) is 5.38 Å². The van der Waals surface area contributed by atoms with E-state index in [4.69, 9.17) is 4.74 Å². The number of amides is 1. The molecule has 0 aliphatic carbocycles. The fourth-order valence-corrected chi connectivity index (χ4v) is 3.65. The minimum Gasteiger partial charge on any atom is -0.443 e. The van der Waals surface area contributed by atoms with Crippen molar-refractivity contribution in [2.45, 2.75) is 31.3 Å². The smallest absolute Gasteiger partial charge is 0.430 e. The molecule has 0 fully saturated rings. The van der Waals surface area contributed by atoms with Gasteiger partial charge in [-0.2, -0.15) is 0 Å². The number of benzene rings is 1. The number of anilines is 1. The second-order valence-corrected chi connectivity index (χ2v) is 8.02. The number of carbonyl (C=O) groups is 1. The molecule has 1 heterocycles. The highest BCUT2D eigenvalue weighted by molar-refractivity contribution is 7.93. The summed E-state index contributed by atoms with van der Waals surface area (Å²) in [4.78, 5) is 14.8. The summed E-state index contributed by atoms with van der Waals surface area (Å²) in [5.74, 6) is -3.07. The van der Waals surface area contributed by atoms with Crippen LogP contribution in [-0.2, 0) is 14.8 Å². The molecule has 0 N–H and O–H groups in total. The molecule has 1 amide bonds. The minimum absolute atomic E-state index is 0.135. The Bertz CT molecular complexity index is 826. The van der Waals surface area contributed by atoms with Crippen LogP contribution in [0.3, 0.4) is 0 Å². The first-order chi connectivity index (χ1) is 11.0. The molecule has 6 nitrogen and oxygen atoms in total. The molecule has 24 heavy (non-hydrogen) atoms. The number of thiazole rings is 1. The lowest BCUT2D eigenvalue weighted by molar-refractivity contribution is 0.0608. The van der Waals surface area contributed by atoms with Crippen LogP contribution in [0.4, 0.5) is 19.4 Å². The highest BCUT2D eigenvalue weighted by Crippen LogP contribution is 2.28. The van der Waals surface area contributed by atoms with E-state index in [0.717, 1.165) is 11.3 Å². The van der Waals surface area contributed by atoms with Gasteiger partial charge in [0.1, 0.15) is 17.2 Å². The van der Waals surface area contributed by atoms with Crippen LogP contribution in [0.5, 0.6) is 0 Å². The Morgan fingerprint density at radius 3 is 2.33 bits per heavy atom. The van der Waals surface area contributed by atoms with Crippen LogP contribution in [0.25, 0.3) is 0 Å².